The second kappa shape index (κ2) is 8.33. The molecule has 4 rings (SSSR count). The van der Waals surface area contributed by atoms with Gasteiger partial charge in [0, 0.05) is 43.0 Å². The predicted molar refractivity (Wildman–Crippen MR) is 119 cm³/mol. The average molecular weight is 407 g/mol. The Labute approximate surface area is 176 Å². The lowest BCUT2D eigenvalue weighted by Gasteiger charge is -2.36. The summed E-state index contributed by atoms with van der Waals surface area (Å²) in [5.41, 5.74) is 4.49. The molecule has 0 unspecified atom stereocenters. The normalized spacial score (nSPS) is 14.3. The third kappa shape index (κ3) is 4.03. The lowest BCUT2D eigenvalue weighted by atomic mass is 10.1. The molecule has 29 heavy (non-hydrogen) atoms. The van der Waals surface area contributed by atoms with Gasteiger partial charge in [-0.2, -0.15) is 0 Å². The highest BCUT2D eigenvalue weighted by molar-refractivity contribution is 7.12. The molecule has 0 radical (unpaired) electrons. The number of rotatable bonds is 4. The molecule has 0 aliphatic carbocycles. The van der Waals surface area contributed by atoms with Gasteiger partial charge in [-0.05, 0) is 31.7 Å². The fourth-order valence-corrected chi connectivity index (χ4v) is 4.46. The first-order chi connectivity index (χ1) is 14.1. The third-order valence-electron chi connectivity index (χ3n) is 5.45. The Hall–Kier alpha value is -2.73. The van der Waals surface area contributed by atoms with Gasteiger partial charge in [0.05, 0.1) is 4.88 Å². The Morgan fingerprint density at radius 2 is 1.76 bits per heavy atom. The SMILES string of the molecule is CCc1c(C)nc(-c2ccc(C)cc2)nc1N1CCN(C(=O)c2cccs2)CC1. The van der Waals surface area contributed by atoms with Gasteiger partial charge in [0.15, 0.2) is 5.82 Å². The second-order valence-electron chi connectivity index (χ2n) is 7.41. The standard InChI is InChI=1S/C23H26N4OS/c1-4-19-17(3)24-21(18-9-7-16(2)8-10-18)25-22(19)26-11-13-27(14-12-26)23(28)20-6-5-15-29-20/h5-10,15H,4,11-14H2,1-3H3. The van der Waals surface area contributed by atoms with Crippen LogP contribution in [0.25, 0.3) is 11.4 Å². The van der Waals surface area contributed by atoms with Crippen molar-refractivity contribution in [1.29, 1.82) is 0 Å². The molecule has 2 aromatic heterocycles. The topological polar surface area (TPSA) is 49.3 Å². The first-order valence-corrected chi connectivity index (χ1v) is 11.0. The summed E-state index contributed by atoms with van der Waals surface area (Å²) < 4.78 is 0. The minimum Gasteiger partial charge on any atom is -0.353 e. The number of anilines is 1. The first-order valence-electron chi connectivity index (χ1n) is 10.1. The summed E-state index contributed by atoms with van der Waals surface area (Å²) in [5.74, 6) is 1.92. The van der Waals surface area contributed by atoms with Crippen LogP contribution in [0.3, 0.4) is 0 Å². The third-order valence-corrected chi connectivity index (χ3v) is 6.31. The van der Waals surface area contributed by atoms with Crippen molar-refractivity contribution in [1.82, 2.24) is 14.9 Å². The van der Waals surface area contributed by atoms with Crippen molar-refractivity contribution in [3.63, 3.8) is 0 Å². The number of amides is 1. The van der Waals surface area contributed by atoms with Gasteiger partial charge in [-0.15, -0.1) is 11.3 Å². The van der Waals surface area contributed by atoms with E-state index in [0.717, 1.165) is 47.3 Å². The lowest BCUT2D eigenvalue weighted by molar-refractivity contribution is 0.0751. The maximum atomic E-state index is 12.6. The molecular weight excluding hydrogens is 380 g/mol. The van der Waals surface area contributed by atoms with Crippen LogP contribution in [0.5, 0.6) is 0 Å². The minimum absolute atomic E-state index is 0.134. The summed E-state index contributed by atoms with van der Waals surface area (Å²) in [7, 11) is 0. The number of hydrogen-bond donors (Lipinski definition) is 0. The van der Waals surface area contributed by atoms with Gasteiger partial charge >= 0.3 is 0 Å². The molecule has 1 aromatic carbocycles. The summed E-state index contributed by atoms with van der Waals surface area (Å²) >= 11 is 1.50. The Bertz CT molecular complexity index is 990. The molecule has 6 heteroatoms. The van der Waals surface area contributed by atoms with Crippen molar-refractivity contribution in [2.75, 3.05) is 31.1 Å². The first kappa shape index (κ1) is 19.6. The number of nitrogens with zero attached hydrogens (tertiary/aromatic N) is 4. The number of aromatic nitrogens is 2. The largest absolute Gasteiger partial charge is 0.353 e. The number of carbonyl (C=O) groups is 1. The van der Waals surface area contributed by atoms with Crippen molar-refractivity contribution in [3.05, 3.63) is 63.5 Å². The summed E-state index contributed by atoms with van der Waals surface area (Å²) in [6.45, 7) is 9.29. The maximum Gasteiger partial charge on any atom is 0.264 e. The van der Waals surface area contributed by atoms with E-state index in [0.29, 0.717) is 13.1 Å². The van der Waals surface area contributed by atoms with Crippen LogP contribution < -0.4 is 4.90 Å². The smallest absolute Gasteiger partial charge is 0.264 e. The van der Waals surface area contributed by atoms with Gasteiger partial charge < -0.3 is 9.80 Å². The quantitative estimate of drug-likeness (QED) is 0.646. The van der Waals surface area contributed by atoms with Crippen molar-refractivity contribution in [2.45, 2.75) is 27.2 Å². The number of hydrogen-bond acceptors (Lipinski definition) is 5. The molecule has 0 saturated carbocycles. The molecule has 0 spiro atoms. The van der Waals surface area contributed by atoms with Gasteiger partial charge in [-0.25, -0.2) is 9.97 Å². The van der Waals surface area contributed by atoms with E-state index >= 15 is 0 Å². The van der Waals surface area contributed by atoms with E-state index in [4.69, 9.17) is 9.97 Å². The molecule has 1 aliphatic heterocycles. The number of thiophene rings is 1. The van der Waals surface area contributed by atoms with Gasteiger partial charge in [-0.3, -0.25) is 4.79 Å². The van der Waals surface area contributed by atoms with E-state index in [2.05, 4.69) is 49.9 Å². The van der Waals surface area contributed by atoms with Crippen molar-refractivity contribution >= 4 is 23.1 Å². The van der Waals surface area contributed by atoms with Crippen molar-refractivity contribution in [2.24, 2.45) is 0 Å². The number of carbonyl (C=O) groups excluding carboxylic acids is 1. The number of aryl methyl sites for hydroxylation is 2. The van der Waals surface area contributed by atoms with Crippen LogP contribution in [0, 0.1) is 13.8 Å². The minimum atomic E-state index is 0.134. The zero-order valence-electron chi connectivity index (χ0n) is 17.2. The van der Waals surface area contributed by atoms with Crippen molar-refractivity contribution in [3.8, 4) is 11.4 Å². The van der Waals surface area contributed by atoms with E-state index in [9.17, 15) is 4.79 Å². The molecule has 0 N–H and O–H groups in total. The van der Waals surface area contributed by atoms with E-state index in [-0.39, 0.29) is 5.91 Å². The van der Waals surface area contributed by atoms with Crippen LogP contribution in [-0.2, 0) is 6.42 Å². The fraction of sp³-hybridized carbons (Fsp3) is 0.348. The monoisotopic (exact) mass is 406 g/mol. The van der Waals surface area contributed by atoms with E-state index in [1.165, 1.54) is 22.5 Å². The highest BCUT2D eigenvalue weighted by Crippen LogP contribution is 2.27. The van der Waals surface area contributed by atoms with Crippen LogP contribution in [-0.4, -0.2) is 47.0 Å². The van der Waals surface area contributed by atoms with Crippen molar-refractivity contribution < 1.29 is 4.79 Å². The molecular formula is C23H26N4OS. The summed E-state index contributed by atoms with van der Waals surface area (Å²) in [6.07, 6.45) is 0.893. The molecule has 150 valence electrons. The van der Waals surface area contributed by atoms with E-state index in [1.807, 2.05) is 22.4 Å². The molecule has 1 amide bonds. The van der Waals surface area contributed by atoms with Gasteiger partial charge in [0.2, 0.25) is 0 Å². The Morgan fingerprint density at radius 1 is 1.03 bits per heavy atom. The molecule has 1 fully saturated rings. The molecule has 1 saturated heterocycles. The van der Waals surface area contributed by atoms with Gasteiger partial charge in [-0.1, -0.05) is 42.8 Å². The van der Waals surface area contributed by atoms with E-state index in [1.54, 1.807) is 0 Å². The van der Waals surface area contributed by atoms with Gasteiger partial charge in [0.1, 0.15) is 5.82 Å². The molecule has 0 atom stereocenters. The van der Waals surface area contributed by atoms with E-state index < -0.39 is 0 Å². The van der Waals surface area contributed by atoms with Crippen LogP contribution in [0.1, 0.15) is 33.4 Å². The molecule has 1 aliphatic rings. The molecule has 3 aromatic rings. The average Bonchev–Trinajstić information content (AvgIpc) is 3.28. The molecule has 0 bridgehead atoms. The van der Waals surface area contributed by atoms with Crippen LogP contribution >= 0.6 is 11.3 Å². The van der Waals surface area contributed by atoms with Crippen LogP contribution in [0.2, 0.25) is 0 Å². The summed E-state index contributed by atoms with van der Waals surface area (Å²) in [6, 6.07) is 12.2. The molecule has 5 nitrogen and oxygen atoms in total. The predicted octanol–water partition coefficient (Wildman–Crippen LogP) is 4.35. The Balaban J connectivity index is 1.58. The lowest BCUT2D eigenvalue weighted by Crippen LogP contribution is -2.49. The zero-order valence-corrected chi connectivity index (χ0v) is 18.0. The second-order valence-corrected chi connectivity index (χ2v) is 8.36. The molecule has 3 heterocycles. The summed E-state index contributed by atoms with van der Waals surface area (Å²) in [4.78, 5) is 27.4. The summed E-state index contributed by atoms with van der Waals surface area (Å²) in [5, 5.41) is 1.95. The fourth-order valence-electron chi connectivity index (χ4n) is 3.77. The van der Waals surface area contributed by atoms with Gasteiger partial charge in [0.25, 0.3) is 5.91 Å². The number of piperazine rings is 1. The highest BCUT2D eigenvalue weighted by atomic mass is 32.1. The Kier molecular flexibility index (Phi) is 5.62. The maximum absolute atomic E-state index is 12.6. The van der Waals surface area contributed by atoms with Crippen LogP contribution in [0.15, 0.2) is 41.8 Å². The number of benzene rings is 1. The highest BCUT2D eigenvalue weighted by Gasteiger charge is 2.25. The zero-order chi connectivity index (χ0) is 20.4. The van der Waals surface area contributed by atoms with Crippen LogP contribution in [0.4, 0.5) is 5.82 Å². The Morgan fingerprint density at radius 3 is 2.38 bits per heavy atom.